The van der Waals surface area contributed by atoms with Crippen LogP contribution in [0.25, 0.3) is 0 Å². The van der Waals surface area contributed by atoms with Gasteiger partial charge in [0.15, 0.2) is 0 Å². The summed E-state index contributed by atoms with van der Waals surface area (Å²) in [4.78, 5) is 14.6. The van der Waals surface area contributed by atoms with E-state index in [2.05, 4.69) is 12.2 Å². The molecule has 1 N–H and O–H groups in total. The maximum absolute atomic E-state index is 12.8. The molecule has 2 fully saturated rings. The van der Waals surface area contributed by atoms with Crippen molar-refractivity contribution in [3.63, 3.8) is 0 Å². The highest BCUT2D eigenvalue weighted by molar-refractivity contribution is 7.89. The summed E-state index contributed by atoms with van der Waals surface area (Å²) in [7, 11) is -3.62. The number of sulfonamides is 1. The molecular formula is C17H24ClN3O3S. The van der Waals surface area contributed by atoms with E-state index in [-0.39, 0.29) is 21.7 Å². The minimum Gasteiger partial charge on any atom is -0.340 e. The van der Waals surface area contributed by atoms with Gasteiger partial charge in [0.25, 0.3) is 0 Å². The Labute approximate surface area is 154 Å². The van der Waals surface area contributed by atoms with Crippen molar-refractivity contribution in [2.75, 3.05) is 32.7 Å². The van der Waals surface area contributed by atoms with E-state index in [0.29, 0.717) is 32.2 Å². The predicted octanol–water partition coefficient (Wildman–Crippen LogP) is 1.56. The van der Waals surface area contributed by atoms with Crippen molar-refractivity contribution in [2.45, 2.75) is 30.7 Å². The fourth-order valence-corrected chi connectivity index (χ4v) is 5.47. The first-order valence-corrected chi connectivity index (χ1v) is 10.5. The second-order valence-corrected chi connectivity index (χ2v) is 9.05. The molecule has 2 aliphatic rings. The number of benzene rings is 1. The third-order valence-corrected chi connectivity index (χ3v) is 7.38. The van der Waals surface area contributed by atoms with Crippen LogP contribution in [-0.4, -0.2) is 62.3 Å². The maximum atomic E-state index is 12.8. The largest absolute Gasteiger partial charge is 0.340 e. The Hall–Kier alpha value is -1.15. The van der Waals surface area contributed by atoms with Gasteiger partial charge in [-0.05, 0) is 38.4 Å². The van der Waals surface area contributed by atoms with Crippen LogP contribution in [0.15, 0.2) is 29.2 Å². The Kier molecular flexibility index (Phi) is 5.68. The summed E-state index contributed by atoms with van der Waals surface area (Å²) < 4.78 is 26.9. The van der Waals surface area contributed by atoms with E-state index in [0.717, 1.165) is 19.4 Å². The standard InChI is InChI=1S/C17H24ClN3O3S/c1-13-12-14(6-7-19-13)17(22)20-8-10-21(11-9-20)25(23,24)16-5-3-2-4-15(16)18/h2-5,13-14,19H,6-12H2,1H3/t13-,14-/m0/s1. The normalized spacial score (nSPS) is 25.8. The van der Waals surface area contributed by atoms with Crippen molar-refractivity contribution in [1.29, 1.82) is 0 Å². The molecule has 0 saturated carbocycles. The lowest BCUT2D eigenvalue weighted by Crippen LogP contribution is -2.53. The number of hydrogen-bond acceptors (Lipinski definition) is 4. The molecule has 0 bridgehead atoms. The fourth-order valence-electron chi connectivity index (χ4n) is 3.56. The van der Waals surface area contributed by atoms with Crippen LogP contribution in [0.1, 0.15) is 19.8 Å². The number of carbonyl (C=O) groups excluding carboxylic acids is 1. The van der Waals surface area contributed by atoms with Gasteiger partial charge in [-0.25, -0.2) is 8.42 Å². The smallest absolute Gasteiger partial charge is 0.244 e. The molecule has 0 radical (unpaired) electrons. The molecule has 2 aliphatic heterocycles. The van der Waals surface area contributed by atoms with Crippen LogP contribution in [0.4, 0.5) is 0 Å². The summed E-state index contributed by atoms with van der Waals surface area (Å²) in [6.07, 6.45) is 1.69. The van der Waals surface area contributed by atoms with E-state index in [1.807, 2.05) is 0 Å². The molecule has 25 heavy (non-hydrogen) atoms. The molecule has 1 aromatic carbocycles. The van der Waals surface area contributed by atoms with Crippen molar-refractivity contribution in [3.8, 4) is 0 Å². The Balaban J connectivity index is 1.64. The topological polar surface area (TPSA) is 69.7 Å². The Bertz CT molecular complexity index is 732. The molecule has 2 heterocycles. The molecule has 0 aliphatic carbocycles. The number of nitrogens with zero attached hydrogens (tertiary/aromatic N) is 2. The molecule has 0 aromatic heterocycles. The fraction of sp³-hybridized carbons (Fsp3) is 0.588. The summed E-state index contributed by atoms with van der Waals surface area (Å²) in [5.74, 6) is 0.200. The van der Waals surface area contributed by atoms with Gasteiger partial charge in [0, 0.05) is 38.1 Å². The highest BCUT2D eigenvalue weighted by Crippen LogP contribution is 2.26. The van der Waals surface area contributed by atoms with Gasteiger partial charge in [-0.1, -0.05) is 23.7 Å². The number of hydrogen-bond donors (Lipinski definition) is 1. The predicted molar refractivity (Wildman–Crippen MR) is 97.0 cm³/mol. The highest BCUT2D eigenvalue weighted by atomic mass is 35.5. The van der Waals surface area contributed by atoms with Gasteiger partial charge < -0.3 is 10.2 Å². The minimum atomic E-state index is -3.62. The van der Waals surface area contributed by atoms with Gasteiger partial charge in [0.1, 0.15) is 4.90 Å². The van der Waals surface area contributed by atoms with Crippen LogP contribution < -0.4 is 5.32 Å². The van der Waals surface area contributed by atoms with E-state index >= 15 is 0 Å². The van der Waals surface area contributed by atoms with Crippen molar-refractivity contribution in [2.24, 2.45) is 5.92 Å². The van der Waals surface area contributed by atoms with E-state index in [4.69, 9.17) is 11.6 Å². The van der Waals surface area contributed by atoms with Crippen molar-refractivity contribution < 1.29 is 13.2 Å². The van der Waals surface area contributed by atoms with Crippen molar-refractivity contribution in [1.82, 2.24) is 14.5 Å². The lowest BCUT2D eigenvalue weighted by atomic mass is 9.92. The third-order valence-electron chi connectivity index (χ3n) is 4.98. The van der Waals surface area contributed by atoms with Crippen molar-refractivity contribution >= 4 is 27.5 Å². The quantitative estimate of drug-likeness (QED) is 0.857. The van der Waals surface area contributed by atoms with Crippen LogP contribution in [0.5, 0.6) is 0 Å². The first-order valence-electron chi connectivity index (χ1n) is 8.66. The van der Waals surface area contributed by atoms with E-state index in [1.54, 1.807) is 23.1 Å². The Morgan fingerprint density at radius 3 is 2.52 bits per heavy atom. The number of carbonyl (C=O) groups is 1. The van der Waals surface area contributed by atoms with Crippen LogP contribution in [0.3, 0.4) is 0 Å². The Morgan fingerprint density at radius 1 is 1.20 bits per heavy atom. The lowest BCUT2D eigenvalue weighted by Gasteiger charge is -2.37. The van der Waals surface area contributed by atoms with E-state index < -0.39 is 10.0 Å². The molecule has 0 unspecified atom stereocenters. The van der Waals surface area contributed by atoms with E-state index in [9.17, 15) is 13.2 Å². The van der Waals surface area contributed by atoms with Crippen LogP contribution in [-0.2, 0) is 14.8 Å². The molecule has 6 nitrogen and oxygen atoms in total. The van der Waals surface area contributed by atoms with Gasteiger partial charge in [-0.3, -0.25) is 4.79 Å². The summed E-state index contributed by atoms with van der Waals surface area (Å²) >= 11 is 6.05. The second kappa shape index (κ2) is 7.61. The lowest BCUT2D eigenvalue weighted by molar-refractivity contribution is -0.137. The second-order valence-electron chi connectivity index (χ2n) is 6.74. The zero-order valence-corrected chi connectivity index (χ0v) is 15.9. The van der Waals surface area contributed by atoms with Gasteiger partial charge in [-0.15, -0.1) is 0 Å². The summed E-state index contributed by atoms with van der Waals surface area (Å²) in [5, 5.41) is 3.58. The molecule has 8 heteroatoms. The monoisotopic (exact) mass is 385 g/mol. The molecule has 3 rings (SSSR count). The van der Waals surface area contributed by atoms with Crippen molar-refractivity contribution in [3.05, 3.63) is 29.3 Å². The first kappa shape index (κ1) is 18.6. The van der Waals surface area contributed by atoms with Gasteiger partial charge >= 0.3 is 0 Å². The number of nitrogens with one attached hydrogen (secondary N) is 1. The minimum absolute atomic E-state index is 0.0444. The highest BCUT2D eigenvalue weighted by Gasteiger charge is 2.34. The first-order chi connectivity index (χ1) is 11.9. The third kappa shape index (κ3) is 4.00. The molecule has 0 spiro atoms. The van der Waals surface area contributed by atoms with Crippen LogP contribution >= 0.6 is 11.6 Å². The molecule has 1 aromatic rings. The number of piperidine rings is 1. The maximum Gasteiger partial charge on any atom is 0.244 e. The SMILES string of the molecule is C[C@H]1C[C@@H](C(=O)N2CCN(S(=O)(=O)c3ccccc3Cl)CC2)CCN1. The van der Waals surface area contributed by atoms with Gasteiger partial charge in [0.05, 0.1) is 5.02 Å². The number of halogens is 1. The average molecular weight is 386 g/mol. The van der Waals surface area contributed by atoms with E-state index in [1.165, 1.54) is 10.4 Å². The average Bonchev–Trinajstić information content (AvgIpc) is 2.61. The Morgan fingerprint density at radius 2 is 1.88 bits per heavy atom. The number of rotatable bonds is 3. The number of piperazine rings is 1. The molecule has 2 saturated heterocycles. The zero-order valence-electron chi connectivity index (χ0n) is 14.3. The van der Waals surface area contributed by atoms with Gasteiger partial charge in [-0.2, -0.15) is 4.31 Å². The zero-order chi connectivity index (χ0) is 18.0. The molecule has 138 valence electrons. The van der Waals surface area contributed by atoms with Crippen LogP contribution in [0, 0.1) is 5.92 Å². The number of amides is 1. The molecule has 2 atom stereocenters. The van der Waals surface area contributed by atoms with Gasteiger partial charge in [0.2, 0.25) is 15.9 Å². The summed E-state index contributed by atoms with van der Waals surface area (Å²) in [5.41, 5.74) is 0. The molecule has 1 amide bonds. The van der Waals surface area contributed by atoms with Crippen LogP contribution in [0.2, 0.25) is 5.02 Å². The molecular weight excluding hydrogens is 362 g/mol. The summed E-state index contributed by atoms with van der Waals surface area (Å²) in [6.45, 7) is 4.42. The summed E-state index contributed by atoms with van der Waals surface area (Å²) in [6, 6.07) is 6.82.